The highest BCUT2D eigenvalue weighted by molar-refractivity contribution is 5.98. The first-order valence-electron chi connectivity index (χ1n) is 10.0. The Balaban J connectivity index is 1.55. The minimum absolute atomic E-state index is 0.0837. The van der Waals surface area contributed by atoms with Gasteiger partial charge in [0.2, 0.25) is 0 Å². The number of benzene rings is 1. The fraction of sp³-hybridized carbons (Fsp3) is 0.667. The van der Waals surface area contributed by atoms with Crippen molar-refractivity contribution >= 4 is 5.91 Å². The van der Waals surface area contributed by atoms with E-state index in [2.05, 4.69) is 4.90 Å². The molecule has 1 amide bonds. The van der Waals surface area contributed by atoms with E-state index < -0.39 is 0 Å². The van der Waals surface area contributed by atoms with Gasteiger partial charge in [0.05, 0.1) is 19.3 Å². The fourth-order valence-corrected chi connectivity index (χ4v) is 5.44. The minimum Gasteiger partial charge on any atom is -0.493 e. The Hall–Kier alpha value is -1.75. The molecule has 1 heterocycles. The fourth-order valence-electron chi connectivity index (χ4n) is 5.44. The van der Waals surface area contributed by atoms with Crippen molar-refractivity contribution in [2.24, 2.45) is 29.4 Å². The van der Waals surface area contributed by atoms with Crippen LogP contribution in [0.4, 0.5) is 0 Å². The molecule has 1 aromatic rings. The van der Waals surface area contributed by atoms with Gasteiger partial charge in [-0.15, -0.1) is 0 Å². The molecule has 5 heteroatoms. The summed E-state index contributed by atoms with van der Waals surface area (Å²) in [5.74, 6) is 4.33. The predicted molar refractivity (Wildman–Crippen MR) is 100 cm³/mol. The molecule has 2 N–H and O–H groups in total. The van der Waals surface area contributed by atoms with Gasteiger partial charge >= 0.3 is 0 Å². The number of carbonyl (C=O) groups excluding carboxylic acids is 1. The van der Waals surface area contributed by atoms with Crippen molar-refractivity contribution < 1.29 is 14.3 Å². The lowest BCUT2D eigenvalue weighted by atomic mass is 9.60. The van der Waals surface area contributed by atoms with Crippen LogP contribution < -0.4 is 15.2 Å². The van der Waals surface area contributed by atoms with Crippen LogP contribution in [0.25, 0.3) is 0 Å². The maximum absolute atomic E-state index is 13.3. The average molecular weight is 358 g/mol. The highest BCUT2D eigenvalue weighted by Crippen LogP contribution is 2.52. The highest BCUT2D eigenvalue weighted by atomic mass is 16.5. The molecule has 3 aliphatic carbocycles. The van der Waals surface area contributed by atoms with Crippen LogP contribution >= 0.6 is 0 Å². The zero-order valence-electron chi connectivity index (χ0n) is 15.7. The number of amides is 1. The first-order valence-corrected chi connectivity index (χ1v) is 10.0. The molecule has 0 spiro atoms. The van der Waals surface area contributed by atoms with Gasteiger partial charge in [0.1, 0.15) is 0 Å². The van der Waals surface area contributed by atoms with Crippen LogP contribution in [-0.2, 0) is 0 Å². The van der Waals surface area contributed by atoms with E-state index in [0.29, 0.717) is 42.0 Å². The molecule has 4 aliphatic rings. The van der Waals surface area contributed by atoms with Crippen molar-refractivity contribution in [3.05, 3.63) is 23.8 Å². The second-order valence-corrected chi connectivity index (χ2v) is 8.04. The summed E-state index contributed by atoms with van der Waals surface area (Å²) in [4.78, 5) is 15.4. The molecule has 1 aromatic carbocycles. The van der Waals surface area contributed by atoms with Crippen molar-refractivity contribution in [1.29, 1.82) is 0 Å². The predicted octanol–water partition coefficient (Wildman–Crippen LogP) is 2.93. The Morgan fingerprint density at radius 1 is 1.15 bits per heavy atom. The molecular formula is C21H30N2O3. The molecule has 142 valence electrons. The van der Waals surface area contributed by atoms with E-state index in [9.17, 15) is 4.79 Å². The molecule has 5 nitrogen and oxygen atoms in total. The lowest BCUT2D eigenvalue weighted by Gasteiger charge is -2.44. The molecule has 0 radical (unpaired) electrons. The number of hydrogen-bond acceptors (Lipinski definition) is 4. The van der Waals surface area contributed by atoms with Crippen molar-refractivity contribution in [3.8, 4) is 11.5 Å². The minimum atomic E-state index is 0.0837. The van der Waals surface area contributed by atoms with Crippen molar-refractivity contribution in [1.82, 2.24) is 4.90 Å². The second-order valence-electron chi connectivity index (χ2n) is 8.04. The van der Waals surface area contributed by atoms with E-state index in [-0.39, 0.29) is 5.91 Å². The Labute approximate surface area is 155 Å². The first kappa shape index (κ1) is 17.7. The first-order chi connectivity index (χ1) is 12.7. The molecule has 2 atom stereocenters. The third-order valence-corrected chi connectivity index (χ3v) is 6.75. The average Bonchev–Trinajstić information content (AvgIpc) is 3.16. The van der Waals surface area contributed by atoms with Crippen LogP contribution in [0.15, 0.2) is 18.2 Å². The molecule has 1 saturated heterocycles. The van der Waals surface area contributed by atoms with E-state index in [4.69, 9.17) is 15.2 Å². The molecule has 3 saturated carbocycles. The lowest BCUT2D eigenvalue weighted by Crippen LogP contribution is -2.38. The van der Waals surface area contributed by atoms with Crippen LogP contribution in [-0.4, -0.2) is 44.2 Å². The molecular weight excluding hydrogens is 328 g/mol. The van der Waals surface area contributed by atoms with E-state index in [1.54, 1.807) is 7.11 Å². The van der Waals surface area contributed by atoms with Gasteiger partial charge in [-0.1, -0.05) is 6.07 Å². The summed E-state index contributed by atoms with van der Waals surface area (Å²) in [6.07, 6.45) is 6.20. The quantitative estimate of drug-likeness (QED) is 0.794. The number of nitrogens with two attached hydrogens (primary N) is 1. The van der Waals surface area contributed by atoms with Gasteiger partial charge in [0.15, 0.2) is 11.5 Å². The van der Waals surface area contributed by atoms with E-state index in [1.807, 2.05) is 18.2 Å². The van der Waals surface area contributed by atoms with Gasteiger partial charge in [-0.3, -0.25) is 4.79 Å². The number of fused-ring (bicyclic) bond motifs is 2. The van der Waals surface area contributed by atoms with Gasteiger partial charge in [-0.25, -0.2) is 0 Å². The molecule has 4 fully saturated rings. The van der Waals surface area contributed by atoms with Crippen LogP contribution in [0, 0.1) is 23.7 Å². The largest absolute Gasteiger partial charge is 0.493 e. The third-order valence-electron chi connectivity index (χ3n) is 6.75. The summed E-state index contributed by atoms with van der Waals surface area (Å²) < 4.78 is 11.3. The van der Waals surface area contributed by atoms with Crippen molar-refractivity contribution in [3.63, 3.8) is 0 Å². The summed E-state index contributed by atoms with van der Waals surface area (Å²) in [5, 5.41) is 0. The summed E-state index contributed by atoms with van der Waals surface area (Å²) in [6, 6.07) is 5.58. The zero-order chi connectivity index (χ0) is 18.1. The SMILES string of the molecule is COc1cccc(C(=O)N2C[C@@H]3C4CCC(CC4)[C@@H]3C2)c1OCCCN. The molecule has 0 unspecified atom stereocenters. The Bertz CT molecular complexity index is 635. The summed E-state index contributed by atoms with van der Waals surface area (Å²) >= 11 is 0. The number of rotatable bonds is 6. The molecule has 26 heavy (non-hydrogen) atoms. The summed E-state index contributed by atoms with van der Waals surface area (Å²) in [6.45, 7) is 2.87. The molecule has 5 rings (SSSR count). The molecule has 0 aromatic heterocycles. The van der Waals surface area contributed by atoms with Crippen LogP contribution in [0.1, 0.15) is 42.5 Å². The Morgan fingerprint density at radius 2 is 1.81 bits per heavy atom. The monoisotopic (exact) mass is 358 g/mol. The van der Waals surface area contributed by atoms with Crippen LogP contribution in [0.5, 0.6) is 11.5 Å². The van der Waals surface area contributed by atoms with Gasteiger partial charge in [-0.05, 0) is 74.5 Å². The Kier molecular flexibility index (Phi) is 5.07. The number of nitrogens with zero attached hydrogens (tertiary/aromatic N) is 1. The topological polar surface area (TPSA) is 64.8 Å². The standard InChI is InChI=1S/C21H30N2O3/c1-25-19-5-2-4-16(20(19)26-11-3-10-22)21(24)23-12-17-14-6-7-15(9-8-14)18(17)13-23/h2,4-5,14-15,17-18H,3,6-13,22H2,1H3/t14?,15?,17-,18+. The van der Waals surface area contributed by atoms with Crippen LogP contribution in [0.2, 0.25) is 0 Å². The lowest BCUT2D eigenvalue weighted by molar-refractivity contribution is 0.0577. The van der Waals surface area contributed by atoms with Crippen molar-refractivity contribution in [2.75, 3.05) is 33.4 Å². The van der Waals surface area contributed by atoms with Gasteiger partial charge < -0.3 is 20.1 Å². The maximum atomic E-state index is 13.3. The zero-order valence-corrected chi connectivity index (χ0v) is 15.7. The van der Waals surface area contributed by atoms with Gasteiger partial charge in [-0.2, -0.15) is 0 Å². The van der Waals surface area contributed by atoms with Gasteiger partial charge in [0.25, 0.3) is 5.91 Å². The molecule has 2 bridgehead atoms. The highest BCUT2D eigenvalue weighted by Gasteiger charge is 2.49. The summed E-state index contributed by atoms with van der Waals surface area (Å²) in [7, 11) is 1.61. The van der Waals surface area contributed by atoms with E-state index in [0.717, 1.165) is 31.3 Å². The van der Waals surface area contributed by atoms with E-state index in [1.165, 1.54) is 25.7 Å². The Morgan fingerprint density at radius 3 is 2.38 bits per heavy atom. The number of hydrogen-bond donors (Lipinski definition) is 1. The number of carbonyl (C=O) groups is 1. The summed E-state index contributed by atoms with van der Waals surface area (Å²) in [5.41, 5.74) is 6.19. The normalized spacial score (nSPS) is 29.5. The van der Waals surface area contributed by atoms with Crippen molar-refractivity contribution in [2.45, 2.75) is 32.1 Å². The number of para-hydroxylation sites is 1. The molecule has 1 aliphatic heterocycles. The number of likely N-dealkylation sites (tertiary alicyclic amines) is 1. The third kappa shape index (κ3) is 3.07. The number of ether oxygens (including phenoxy) is 2. The van der Waals surface area contributed by atoms with E-state index >= 15 is 0 Å². The maximum Gasteiger partial charge on any atom is 0.257 e. The second kappa shape index (κ2) is 7.47. The smallest absolute Gasteiger partial charge is 0.257 e. The van der Waals surface area contributed by atoms with Crippen LogP contribution in [0.3, 0.4) is 0 Å². The van der Waals surface area contributed by atoms with Gasteiger partial charge in [0, 0.05) is 13.1 Å². The number of methoxy groups -OCH3 is 1.